The third-order valence-electron chi connectivity index (χ3n) is 4.68. The average molecular weight is 368 g/mol. The van der Waals surface area contributed by atoms with E-state index in [1.54, 1.807) is 0 Å². The van der Waals surface area contributed by atoms with E-state index < -0.39 is 0 Å². The van der Waals surface area contributed by atoms with Crippen LogP contribution in [0, 0.1) is 5.41 Å². The standard InChI is InChI=1S/C19H29N3O2.ClH/c1-6-14(2)22-13-21(15-9-7-8-10-16(15)22)11-18(24)20-17(12-23)19(3,4)5;/h7-10,13-14,17,23H,6,11-12H2,1-5H3;1H/t14?,17-;/m1./s1. The Labute approximate surface area is 156 Å². The number of imidazole rings is 1. The molecular formula is C19H30ClN3O2. The fraction of sp³-hybridized carbons (Fsp3) is 0.579. The van der Waals surface area contributed by atoms with Gasteiger partial charge in [0, 0.05) is 0 Å². The second-order valence-corrected chi connectivity index (χ2v) is 7.57. The van der Waals surface area contributed by atoms with Crippen LogP contribution in [-0.4, -0.2) is 28.2 Å². The summed E-state index contributed by atoms with van der Waals surface area (Å²) >= 11 is 0. The van der Waals surface area contributed by atoms with Gasteiger partial charge in [0.1, 0.15) is 0 Å². The molecule has 0 saturated heterocycles. The lowest BCUT2D eigenvalue weighted by Crippen LogP contribution is -3.00. The predicted octanol–water partition coefficient (Wildman–Crippen LogP) is -0.573. The molecule has 2 aromatic rings. The van der Waals surface area contributed by atoms with Gasteiger partial charge < -0.3 is 22.8 Å². The molecule has 1 aromatic heterocycles. The highest BCUT2D eigenvalue weighted by molar-refractivity contribution is 5.76. The molecule has 0 fully saturated rings. The number of hydrogen-bond donors (Lipinski definition) is 2. The Hall–Kier alpha value is -1.59. The highest BCUT2D eigenvalue weighted by Crippen LogP contribution is 2.19. The third kappa shape index (κ3) is 4.95. The summed E-state index contributed by atoms with van der Waals surface area (Å²) in [7, 11) is 0. The molecule has 1 unspecified atom stereocenters. The molecule has 6 heteroatoms. The zero-order chi connectivity index (χ0) is 17.9. The number of halogens is 1. The zero-order valence-corrected chi connectivity index (χ0v) is 16.5. The van der Waals surface area contributed by atoms with Gasteiger partial charge in [-0.1, -0.05) is 39.8 Å². The van der Waals surface area contributed by atoms with Gasteiger partial charge in [-0.3, -0.25) is 4.79 Å². The van der Waals surface area contributed by atoms with Gasteiger partial charge in [0.05, 0.1) is 18.7 Å². The minimum atomic E-state index is -0.256. The van der Waals surface area contributed by atoms with Gasteiger partial charge >= 0.3 is 0 Å². The second-order valence-electron chi connectivity index (χ2n) is 7.57. The number of aliphatic hydroxyl groups is 1. The van der Waals surface area contributed by atoms with Crippen LogP contribution in [0.3, 0.4) is 0 Å². The lowest BCUT2D eigenvalue weighted by atomic mass is 9.87. The number of carbonyl (C=O) groups excluding carboxylic acids is 1. The number of aromatic nitrogens is 2. The minimum Gasteiger partial charge on any atom is -1.00 e. The Morgan fingerprint density at radius 3 is 2.52 bits per heavy atom. The van der Waals surface area contributed by atoms with E-state index in [4.69, 9.17) is 0 Å². The van der Waals surface area contributed by atoms with Crippen molar-refractivity contribution in [3.05, 3.63) is 30.6 Å². The molecule has 2 rings (SSSR count). The van der Waals surface area contributed by atoms with Gasteiger partial charge in [-0.25, -0.2) is 9.13 Å². The fourth-order valence-corrected chi connectivity index (χ4v) is 2.80. The molecule has 0 radical (unpaired) electrons. The van der Waals surface area contributed by atoms with Crippen LogP contribution in [0.15, 0.2) is 30.6 Å². The number of para-hydroxylation sites is 2. The molecule has 2 N–H and O–H groups in total. The summed E-state index contributed by atoms with van der Waals surface area (Å²) in [6, 6.07) is 8.25. The Morgan fingerprint density at radius 1 is 1.32 bits per heavy atom. The number of nitrogens with one attached hydrogen (secondary N) is 1. The molecule has 0 aliphatic rings. The number of rotatable bonds is 6. The monoisotopic (exact) mass is 367 g/mol. The van der Waals surface area contributed by atoms with Crippen molar-refractivity contribution in [1.82, 2.24) is 9.88 Å². The predicted molar refractivity (Wildman–Crippen MR) is 95.6 cm³/mol. The topological polar surface area (TPSA) is 58.1 Å². The van der Waals surface area contributed by atoms with Crippen molar-refractivity contribution < 1.29 is 26.9 Å². The van der Waals surface area contributed by atoms with Gasteiger partial charge in [-0.15, -0.1) is 0 Å². The van der Waals surface area contributed by atoms with E-state index in [0.29, 0.717) is 6.04 Å². The van der Waals surface area contributed by atoms with Crippen LogP contribution < -0.4 is 22.3 Å². The maximum atomic E-state index is 12.5. The van der Waals surface area contributed by atoms with Crippen molar-refractivity contribution in [2.75, 3.05) is 6.61 Å². The van der Waals surface area contributed by atoms with Crippen molar-refractivity contribution in [2.45, 2.75) is 59.7 Å². The molecular weight excluding hydrogens is 338 g/mol. The molecule has 1 amide bonds. The summed E-state index contributed by atoms with van der Waals surface area (Å²) in [4.78, 5) is 12.5. The Morgan fingerprint density at radius 2 is 1.96 bits per heavy atom. The smallest absolute Gasteiger partial charge is 0.262 e. The van der Waals surface area contributed by atoms with Gasteiger partial charge in [-0.2, -0.15) is 0 Å². The first-order valence-electron chi connectivity index (χ1n) is 8.67. The summed E-state index contributed by atoms with van der Waals surface area (Å²) in [6.45, 7) is 10.6. The van der Waals surface area contributed by atoms with Crippen molar-refractivity contribution in [3.8, 4) is 0 Å². The van der Waals surface area contributed by atoms with Crippen molar-refractivity contribution >= 4 is 16.9 Å². The molecule has 0 bridgehead atoms. The molecule has 0 aliphatic carbocycles. The van der Waals surface area contributed by atoms with Crippen LogP contribution >= 0.6 is 0 Å². The lowest BCUT2D eigenvalue weighted by molar-refractivity contribution is -0.659. The van der Waals surface area contributed by atoms with Gasteiger partial charge in [0.15, 0.2) is 17.6 Å². The van der Waals surface area contributed by atoms with E-state index in [-0.39, 0.29) is 42.9 Å². The number of aliphatic hydroxyl groups excluding tert-OH is 1. The molecule has 140 valence electrons. The molecule has 1 heterocycles. The Bertz CT molecular complexity index is 706. The lowest BCUT2D eigenvalue weighted by Gasteiger charge is -2.29. The Kier molecular flexibility index (Phi) is 7.44. The molecule has 1 aromatic carbocycles. The number of nitrogens with zero attached hydrogens (tertiary/aromatic N) is 2. The quantitative estimate of drug-likeness (QED) is 0.672. The van der Waals surface area contributed by atoms with E-state index >= 15 is 0 Å². The number of amides is 1. The maximum Gasteiger partial charge on any atom is 0.262 e. The van der Waals surface area contributed by atoms with Gasteiger partial charge in [-0.05, 0) is 30.9 Å². The molecule has 0 aliphatic heterocycles. The second kappa shape index (κ2) is 8.68. The molecule has 5 nitrogen and oxygen atoms in total. The summed E-state index contributed by atoms with van der Waals surface area (Å²) in [5.74, 6) is -0.0824. The SMILES string of the molecule is CCC(C)n1c[n+](CC(=O)N[C@H](CO)C(C)(C)C)c2ccccc21.[Cl-]. The highest BCUT2D eigenvalue weighted by atomic mass is 35.5. The van der Waals surface area contributed by atoms with Crippen LogP contribution in [0.25, 0.3) is 11.0 Å². The Balaban J connectivity index is 0.00000312. The first-order valence-corrected chi connectivity index (χ1v) is 8.67. The van der Waals surface area contributed by atoms with Crippen LogP contribution in [0.4, 0.5) is 0 Å². The number of benzene rings is 1. The molecule has 0 saturated carbocycles. The summed E-state index contributed by atoms with van der Waals surface area (Å²) < 4.78 is 4.20. The largest absolute Gasteiger partial charge is 1.00 e. The summed E-state index contributed by atoms with van der Waals surface area (Å²) in [5, 5.41) is 12.5. The van der Waals surface area contributed by atoms with Crippen LogP contribution in [0.1, 0.15) is 47.1 Å². The normalized spacial score (nSPS) is 14.0. The third-order valence-corrected chi connectivity index (χ3v) is 4.68. The molecule has 2 atom stereocenters. The fourth-order valence-electron chi connectivity index (χ4n) is 2.80. The number of fused-ring (bicyclic) bond motifs is 1. The van der Waals surface area contributed by atoms with Crippen molar-refractivity contribution in [2.24, 2.45) is 5.41 Å². The van der Waals surface area contributed by atoms with E-state index in [2.05, 4.69) is 29.8 Å². The van der Waals surface area contributed by atoms with E-state index in [1.807, 2.05) is 49.9 Å². The van der Waals surface area contributed by atoms with Gasteiger partial charge in [0.2, 0.25) is 6.33 Å². The highest BCUT2D eigenvalue weighted by Gasteiger charge is 2.27. The van der Waals surface area contributed by atoms with E-state index in [1.165, 1.54) is 0 Å². The minimum absolute atomic E-state index is 0. The van der Waals surface area contributed by atoms with E-state index in [0.717, 1.165) is 17.5 Å². The summed E-state index contributed by atoms with van der Waals surface area (Å²) in [6.07, 6.45) is 3.05. The summed E-state index contributed by atoms with van der Waals surface area (Å²) in [5.41, 5.74) is 2.00. The number of carbonyl (C=O) groups is 1. The molecule has 0 spiro atoms. The van der Waals surface area contributed by atoms with Crippen molar-refractivity contribution in [1.29, 1.82) is 0 Å². The van der Waals surface area contributed by atoms with Crippen LogP contribution in [-0.2, 0) is 11.3 Å². The van der Waals surface area contributed by atoms with Crippen LogP contribution in [0.5, 0.6) is 0 Å². The maximum absolute atomic E-state index is 12.5. The first-order chi connectivity index (χ1) is 11.3. The zero-order valence-electron chi connectivity index (χ0n) is 15.8. The van der Waals surface area contributed by atoms with E-state index in [9.17, 15) is 9.90 Å². The first kappa shape index (κ1) is 21.5. The molecule has 25 heavy (non-hydrogen) atoms. The van der Waals surface area contributed by atoms with Crippen LogP contribution in [0.2, 0.25) is 0 Å². The van der Waals surface area contributed by atoms with Gasteiger partial charge in [0.25, 0.3) is 5.91 Å². The number of hydrogen-bond acceptors (Lipinski definition) is 2. The van der Waals surface area contributed by atoms with Crippen molar-refractivity contribution in [3.63, 3.8) is 0 Å². The average Bonchev–Trinajstić information content (AvgIpc) is 2.89.